The van der Waals surface area contributed by atoms with Crippen LogP contribution in [0.25, 0.3) is 0 Å². The number of hydrogen-bond acceptors (Lipinski definition) is 5. The second-order valence-corrected chi connectivity index (χ2v) is 3.85. The van der Waals surface area contributed by atoms with Gasteiger partial charge in [-0.1, -0.05) is 0 Å². The van der Waals surface area contributed by atoms with Gasteiger partial charge < -0.3 is 23.7 Å². The summed E-state index contributed by atoms with van der Waals surface area (Å²) in [6, 6.07) is 0. The second kappa shape index (κ2) is 5.31. The lowest BCUT2D eigenvalue weighted by Crippen LogP contribution is -2.41. The Hall–Kier alpha value is -1.36. The summed E-state index contributed by atoms with van der Waals surface area (Å²) in [5, 5.41) is 0. The molecule has 0 radical (unpaired) electrons. The van der Waals surface area contributed by atoms with Crippen LogP contribution < -0.4 is 0 Å². The zero-order chi connectivity index (χ0) is 12.3. The van der Waals surface area contributed by atoms with Crippen LogP contribution in [0.5, 0.6) is 0 Å². The van der Waals surface area contributed by atoms with E-state index in [9.17, 15) is 0 Å². The van der Waals surface area contributed by atoms with Crippen LogP contribution >= 0.6 is 0 Å². The lowest BCUT2D eigenvalue weighted by atomic mass is 10.1. The molecule has 0 aromatic rings. The third-order valence-corrected chi connectivity index (χ3v) is 2.79. The first-order valence-electron chi connectivity index (χ1n) is 5.72. The molecule has 17 heavy (non-hydrogen) atoms. The van der Waals surface area contributed by atoms with Crippen molar-refractivity contribution in [1.29, 1.82) is 0 Å². The first kappa shape index (κ1) is 12.1. The lowest BCUT2D eigenvalue weighted by molar-refractivity contribution is -0.0692. The summed E-state index contributed by atoms with van der Waals surface area (Å²) in [7, 11) is 1.64. The molecule has 2 saturated heterocycles. The van der Waals surface area contributed by atoms with Crippen molar-refractivity contribution in [2.45, 2.75) is 32.2 Å². The fourth-order valence-electron chi connectivity index (χ4n) is 1.93. The van der Waals surface area contributed by atoms with Gasteiger partial charge in [0, 0.05) is 7.11 Å². The number of ether oxygens (including phenoxy) is 5. The summed E-state index contributed by atoms with van der Waals surface area (Å²) in [6.45, 7) is 4.69. The van der Waals surface area contributed by atoms with Crippen molar-refractivity contribution in [2.75, 3.05) is 20.3 Å². The van der Waals surface area contributed by atoms with Gasteiger partial charge in [-0.15, -0.1) is 0 Å². The van der Waals surface area contributed by atoms with E-state index in [0.29, 0.717) is 25.1 Å². The maximum absolute atomic E-state index is 5.60. The molecule has 2 heterocycles. The summed E-state index contributed by atoms with van der Waals surface area (Å²) < 4.78 is 27.4. The Morgan fingerprint density at radius 2 is 1.53 bits per heavy atom. The molecule has 0 bridgehead atoms. The maximum atomic E-state index is 5.60. The lowest BCUT2D eigenvalue weighted by Gasteiger charge is -2.23. The number of methoxy groups -OCH3 is 1. The van der Waals surface area contributed by atoms with Crippen molar-refractivity contribution in [3.05, 3.63) is 24.0 Å². The van der Waals surface area contributed by atoms with Crippen LogP contribution in [0, 0.1) is 0 Å². The largest absolute Gasteiger partial charge is 0.462 e. The van der Waals surface area contributed by atoms with Gasteiger partial charge in [0.2, 0.25) is 0 Å². The Bertz CT molecular complexity index is 293. The highest BCUT2D eigenvalue weighted by molar-refractivity contribution is 4.96. The summed E-state index contributed by atoms with van der Waals surface area (Å²) in [5.41, 5.74) is 0. The third-order valence-electron chi connectivity index (χ3n) is 2.79. The van der Waals surface area contributed by atoms with E-state index in [1.807, 2.05) is 13.8 Å². The topological polar surface area (TPSA) is 46.2 Å². The van der Waals surface area contributed by atoms with E-state index in [1.165, 1.54) is 0 Å². The summed E-state index contributed by atoms with van der Waals surface area (Å²) in [6.07, 6.45) is 3.06. The van der Waals surface area contributed by atoms with Gasteiger partial charge in [-0.2, -0.15) is 0 Å². The van der Waals surface area contributed by atoms with Crippen LogP contribution in [0.15, 0.2) is 24.0 Å². The molecule has 2 aliphatic heterocycles. The van der Waals surface area contributed by atoms with E-state index < -0.39 is 0 Å². The van der Waals surface area contributed by atoms with Gasteiger partial charge in [-0.05, 0) is 26.0 Å². The quantitative estimate of drug-likeness (QED) is 0.751. The van der Waals surface area contributed by atoms with Crippen molar-refractivity contribution in [3.8, 4) is 0 Å². The minimum atomic E-state index is -0.204. The Labute approximate surface area is 101 Å². The van der Waals surface area contributed by atoms with E-state index >= 15 is 0 Å². The Morgan fingerprint density at radius 1 is 1.06 bits per heavy atom. The van der Waals surface area contributed by atoms with E-state index in [4.69, 9.17) is 23.7 Å². The molecule has 5 nitrogen and oxygen atoms in total. The molecule has 0 aromatic heterocycles. The highest BCUT2D eigenvalue weighted by atomic mass is 16.7. The Kier molecular flexibility index (Phi) is 3.78. The highest BCUT2D eigenvalue weighted by Crippen LogP contribution is 2.26. The Morgan fingerprint density at radius 3 is 1.82 bits per heavy atom. The van der Waals surface area contributed by atoms with E-state index in [-0.39, 0.29) is 18.3 Å². The summed E-state index contributed by atoms with van der Waals surface area (Å²) in [4.78, 5) is 0. The SMILES string of the molecule is C/C=C1/OCC(C(OC)C2CO/C(=C\C)O2)O1. The van der Waals surface area contributed by atoms with Gasteiger partial charge in [-0.25, -0.2) is 0 Å². The van der Waals surface area contributed by atoms with Crippen LogP contribution in [0.1, 0.15) is 13.8 Å². The molecule has 3 unspecified atom stereocenters. The van der Waals surface area contributed by atoms with Gasteiger partial charge in [-0.3, -0.25) is 0 Å². The molecule has 2 aliphatic rings. The second-order valence-electron chi connectivity index (χ2n) is 3.85. The van der Waals surface area contributed by atoms with Crippen molar-refractivity contribution in [3.63, 3.8) is 0 Å². The molecular formula is C12H18O5. The van der Waals surface area contributed by atoms with Crippen LogP contribution in [0.2, 0.25) is 0 Å². The van der Waals surface area contributed by atoms with E-state index in [2.05, 4.69) is 0 Å². The van der Waals surface area contributed by atoms with E-state index in [0.717, 1.165) is 0 Å². The van der Waals surface area contributed by atoms with Gasteiger partial charge in [0.15, 0.2) is 12.2 Å². The number of allylic oxidation sites excluding steroid dienone is 2. The monoisotopic (exact) mass is 242 g/mol. The highest BCUT2D eigenvalue weighted by Gasteiger charge is 2.40. The smallest absolute Gasteiger partial charge is 0.275 e. The molecule has 0 spiro atoms. The zero-order valence-electron chi connectivity index (χ0n) is 10.3. The zero-order valence-corrected chi connectivity index (χ0v) is 10.3. The van der Waals surface area contributed by atoms with E-state index in [1.54, 1.807) is 19.3 Å². The molecule has 5 heteroatoms. The van der Waals surface area contributed by atoms with Crippen LogP contribution in [-0.4, -0.2) is 38.6 Å². The standard InChI is InChI=1S/C12H18O5/c1-4-10-14-6-8(16-10)12(13-3)9-7-15-11(5-2)17-9/h4-5,8-9,12H,6-7H2,1-3H3/b10-4-,11-5+. The van der Waals surface area contributed by atoms with Gasteiger partial charge in [0.1, 0.15) is 19.3 Å². The normalized spacial score (nSPS) is 34.1. The first-order valence-corrected chi connectivity index (χ1v) is 5.72. The third kappa shape index (κ3) is 2.49. The van der Waals surface area contributed by atoms with Crippen molar-refractivity contribution in [2.24, 2.45) is 0 Å². The minimum Gasteiger partial charge on any atom is -0.462 e. The summed E-state index contributed by atoms with van der Waals surface area (Å²) in [5.74, 6) is 1.09. The molecule has 3 atom stereocenters. The molecule has 0 aromatic carbocycles. The predicted molar refractivity (Wildman–Crippen MR) is 60.0 cm³/mol. The fourth-order valence-corrected chi connectivity index (χ4v) is 1.93. The molecule has 0 aliphatic carbocycles. The first-order chi connectivity index (χ1) is 8.28. The number of hydrogen-bond donors (Lipinski definition) is 0. The Balaban J connectivity index is 1.98. The van der Waals surface area contributed by atoms with Crippen molar-refractivity contribution < 1.29 is 23.7 Å². The molecule has 0 saturated carbocycles. The van der Waals surface area contributed by atoms with Crippen LogP contribution in [0.3, 0.4) is 0 Å². The van der Waals surface area contributed by atoms with Gasteiger partial charge in [0.05, 0.1) is 0 Å². The molecular weight excluding hydrogens is 224 g/mol. The fraction of sp³-hybridized carbons (Fsp3) is 0.667. The van der Waals surface area contributed by atoms with Crippen LogP contribution in [0.4, 0.5) is 0 Å². The van der Waals surface area contributed by atoms with Crippen molar-refractivity contribution in [1.82, 2.24) is 0 Å². The predicted octanol–water partition coefficient (Wildman–Crippen LogP) is 1.55. The summed E-state index contributed by atoms with van der Waals surface area (Å²) >= 11 is 0. The van der Waals surface area contributed by atoms with Gasteiger partial charge >= 0.3 is 0 Å². The van der Waals surface area contributed by atoms with Crippen molar-refractivity contribution >= 4 is 0 Å². The van der Waals surface area contributed by atoms with Gasteiger partial charge in [0.25, 0.3) is 11.9 Å². The molecule has 96 valence electrons. The molecule has 2 fully saturated rings. The maximum Gasteiger partial charge on any atom is 0.275 e. The molecule has 0 amide bonds. The average Bonchev–Trinajstić information content (AvgIpc) is 2.99. The molecule has 2 rings (SSSR count). The average molecular weight is 242 g/mol. The van der Waals surface area contributed by atoms with Crippen LogP contribution in [-0.2, 0) is 23.7 Å². The molecule has 0 N–H and O–H groups in total. The minimum absolute atomic E-state index is 0.156. The number of rotatable bonds is 3.